The van der Waals surface area contributed by atoms with Crippen molar-refractivity contribution >= 4 is 49.2 Å². The maximum atomic E-state index is 12.5. The molecule has 2 aromatic heterocycles. The standard InChI is InChI=1S/C20H15BrN4O2S/c1-27-16-7-6-11(21)8-13(16)12-9-18(26)24-19-14(12)10-22-25(19)20-23-15-4-2-3-5-17(15)28-20/h2-8,10,12H,9H2,1H3,(H,24,26)/t12-/m0/s1. The molecule has 1 atom stereocenters. The van der Waals surface area contributed by atoms with Crippen LogP contribution in [0.3, 0.4) is 0 Å². The molecule has 1 amide bonds. The van der Waals surface area contributed by atoms with Crippen LogP contribution in [0.5, 0.6) is 5.75 Å². The Kier molecular flexibility index (Phi) is 4.17. The molecule has 0 unspecified atom stereocenters. The SMILES string of the molecule is COc1ccc(Br)cc1[C@@H]1CC(=O)Nc2c1cnn2-c1nc2ccccc2s1. The number of aromatic nitrogens is 3. The molecule has 0 saturated heterocycles. The van der Waals surface area contributed by atoms with E-state index in [0.29, 0.717) is 12.2 Å². The first kappa shape index (κ1) is 17.4. The smallest absolute Gasteiger partial charge is 0.226 e. The lowest BCUT2D eigenvalue weighted by Gasteiger charge is -2.25. The number of carbonyl (C=O) groups is 1. The van der Waals surface area contributed by atoms with Crippen LogP contribution < -0.4 is 10.1 Å². The molecule has 4 aromatic rings. The molecular formula is C20H15BrN4O2S. The van der Waals surface area contributed by atoms with Crippen LogP contribution in [-0.4, -0.2) is 27.8 Å². The zero-order chi connectivity index (χ0) is 19.3. The number of thiazole rings is 1. The Balaban J connectivity index is 1.65. The molecule has 0 bridgehead atoms. The summed E-state index contributed by atoms with van der Waals surface area (Å²) in [5, 5.41) is 8.25. The normalized spacial score (nSPS) is 16.1. The van der Waals surface area contributed by atoms with Crippen molar-refractivity contribution in [3.05, 3.63) is 64.3 Å². The van der Waals surface area contributed by atoms with Crippen molar-refractivity contribution < 1.29 is 9.53 Å². The van der Waals surface area contributed by atoms with Crippen LogP contribution >= 0.6 is 27.3 Å². The van der Waals surface area contributed by atoms with Crippen LogP contribution in [0.25, 0.3) is 15.3 Å². The minimum absolute atomic E-state index is 0.0533. The molecule has 0 fully saturated rings. The number of nitrogens with zero attached hydrogens (tertiary/aromatic N) is 3. The van der Waals surface area contributed by atoms with Gasteiger partial charge < -0.3 is 10.1 Å². The van der Waals surface area contributed by atoms with Crippen molar-refractivity contribution in [2.24, 2.45) is 0 Å². The molecule has 0 spiro atoms. The van der Waals surface area contributed by atoms with Crippen molar-refractivity contribution in [2.45, 2.75) is 12.3 Å². The second-order valence-corrected chi connectivity index (χ2v) is 8.44. The van der Waals surface area contributed by atoms with Crippen LogP contribution in [0.15, 0.2) is 53.1 Å². The molecular weight excluding hydrogens is 440 g/mol. The van der Waals surface area contributed by atoms with Gasteiger partial charge in [-0.1, -0.05) is 39.4 Å². The third-order valence-electron chi connectivity index (χ3n) is 4.85. The average molecular weight is 455 g/mol. The van der Waals surface area contributed by atoms with E-state index in [9.17, 15) is 4.79 Å². The average Bonchev–Trinajstić information content (AvgIpc) is 3.30. The molecule has 140 valence electrons. The van der Waals surface area contributed by atoms with Crippen molar-refractivity contribution in [1.29, 1.82) is 0 Å². The fourth-order valence-corrected chi connectivity index (χ4v) is 4.88. The number of methoxy groups -OCH3 is 1. The van der Waals surface area contributed by atoms with Crippen LogP contribution in [0.2, 0.25) is 0 Å². The van der Waals surface area contributed by atoms with Crippen LogP contribution in [0, 0.1) is 0 Å². The summed E-state index contributed by atoms with van der Waals surface area (Å²) in [7, 11) is 1.64. The first-order valence-corrected chi connectivity index (χ1v) is 10.3. The van der Waals surface area contributed by atoms with Gasteiger partial charge in [0, 0.05) is 27.9 Å². The molecule has 1 aliphatic heterocycles. The summed E-state index contributed by atoms with van der Waals surface area (Å²) in [6, 6.07) is 13.8. The van der Waals surface area contributed by atoms with Gasteiger partial charge in [0.25, 0.3) is 0 Å². The van der Waals surface area contributed by atoms with E-state index in [1.165, 1.54) is 0 Å². The number of hydrogen-bond donors (Lipinski definition) is 1. The highest BCUT2D eigenvalue weighted by Gasteiger charge is 2.32. The van der Waals surface area contributed by atoms with Crippen molar-refractivity contribution in [2.75, 3.05) is 12.4 Å². The van der Waals surface area contributed by atoms with Gasteiger partial charge in [0.05, 0.1) is 23.5 Å². The maximum Gasteiger partial charge on any atom is 0.226 e. The Hall–Kier alpha value is -2.71. The van der Waals surface area contributed by atoms with Gasteiger partial charge in [-0.2, -0.15) is 9.78 Å². The number of hydrogen-bond acceptors (Lipinski definition) is 5. The Morgan fingerprint density at radius 3 is 2.93 bits per heavy atom. The van der Waals surface area contributed by atoms with E-state index in [2.05, 4.69) is 31.3 Å². The van der Waals surface area contributed by atoms with Gasteiger partial charge in [-0.3, -0.25) is 4.79 Å². The van der Waals surface area contributed by atoms with E-state index in [1.54, 1.807) is 23.1 Å². The number of para-hydroxylation sites is 1. The van der Waals surface area contributed by atoms with Crippen LogP contribution in [0.4, 0.5) is 5.82 Å². The maximum absolute atomic E-state index is 12.5. The summed E-state index contributed by atoms with van der Waals surface area (Å²) in [5.41, 5.74) is 2.83. The van der Waals surface area contributed by atoms with Crippen molar-refractivity contribution in [3.8, 4) is 10.9 Å². The van der Waals surface area contributed by atoms with E-state index >= 15 is 0 Å². The third-order valence-corrected chi connectivity index (χ3v) is 6.36. The lowest BCUT2D eigenvalue weighted by atomic mass is 9.87. The predicted octanol–water partition coefficient (Wildman–Crippen LogP) is 4.73. The number of nitrogens with one attached hydrogen (secondary N) is 1. The fraction of sp³-hybridized carbons (Fsp3) is 0.150. The second kappa shape index (κ2) is 6.72. The molecule has 2 aromatic carbocycles. The van der Waals surface area contributed by atoms with Gasteiger partial charge in [0.1, 0.15) is 11.6 Å². The number of halogens is 1. The highest BCUT2D eigenvalue weighted by Crippen LogP contribution is 2.42. The Morgan fingerprint density at radius 2 is 2.11 bits per heavy atom. The first-order chi connectivity index (χ1) is 13.6. The Labute approximate surface area is 173 Å². The minimum Gasteiger partial charge on any atom is -0.496 e. The van der Waals surface area contributed by atoms with E-state index in [-0.39, 0.29) is 11.8 Å². The van der Waals surface area contributed by atoms with Gasteiger partial charge in [-0.25, -0.2) is 4.98 Å². The van der Waals surface area contributed by atoms with E-state index < -0.39 is 0 Å². The summed E-state index contributed by atoms with van der Waals surface area (Å²) in [6.45, 7) is 0. The molecule has 3 heterocycles. The molecule has 0 aliphatic carbocycles. The van der Waals surface area contributed by atoms with Crippen LogP contribution in [0.1, 0.15) is 23.5 Å². The minimum atomic E-state index is -0.140. The summed E-state index contributed by atoms with van der Waals surface area (Å²) < 4.78 is 9.28. The lowest BCUT2D eigenvalue weighted by Crippen LogP contribution is -2.24. The number of carbonyl (C=O) groups excluding carboxylic acids is 1. The summed E-state index contributed by atoms with van der Waals surface area (Å²) in [4.78, 5) is 17.2. The molecule has 28 heavy (non-hydrogen) atoms. The van der Waals surface area contributed by atoms with E-state index in [0.717, 1.165) is 36.7 Å². The molecule has 0 radical (unpaired) electrons. The van der Waals surface area contributed by atoms with Crippen molar-refractivity contribution in [3.63, 3.8) is 0 Å². The molecule has 6 nitrogen and oxygen atoms in total. The fourth-order valence-electron chi connectivity index (χ4n) is 3.57. The zero-order valence-corrected chi connectivity index (χ0v) is 17.3. The molecule has 8 heteroatoms. The number of benzene rings is 2. The Morgan fingerprint density at radius 1 is 1.25 bits per heavy atom. The third kappa shape index (κ3) is 2.80. The zero-order valence-electron chi connectivity index (χ0n) is 14.8. The van der Waals surface area contributed by atoms with Gasteiger partial charge in [0.15, 0.2) is 0 Å². The molecule has 0 saturated carbocycles. The number of rotatable bonds is 3. The Bertz CT molecular complexity index is 1180. The highest BCUT2D eigenvalue weighted by atomic mass is 79.9. The number of fused-ring (bicyclic) bond motifs is 2. The summed E-state index contributed by atoms with van der Waals surface area (Å²) >= 11 is 5.07. The topological polar surface area (TPSA) is 69.0 Å². The van der Waals surface area contributed by atoms with Gasteiger partial charge in [0.2, 0.25) is 11.0 Å². The van der Waals surface area contributed by atoms with Gasteiger partial charge >= 0.3 is 0 Å². The molecule has 5 rings (SSSR count). The largest absolute Gasteiger partial charge is 0.496 e. The van der Waals surface area contributed by atoms with Gasteiger partial charge in [-0.15, -0.1) is 0 Å². The molecule has 1 aliphatic rings. The molecule has 1 N–H and O–H groups in total. The number of amides is 1. The monoisotopic (exact) mass is 454 g/mol. The lowest BCUT2D eigenvalue weighted by molar-refractivity contribution is -0.116. The van der Waals surface area contributed by atoms with Gasteiger partial charge in [-0.05, 0) is 30.3 Å². The van der Waals surface area contributed by atoms with Crippen LogP contribution in [-0.2, 0) is 4.79 Å². The van der Waals surface area contributed by atoms with E-state index in [1.807, 2.05) is 48.7 Å². The number of ether oxygens (including phenoxy) is 1. The second-order valence-electron chi connectivity index (χ2n) is 6.52. The number of anilines is 1. The highest BCUT2D eigenvalue weighted by molar-refractivity contribution is 9.10. The van der Waals surface area contributed by atoms with Crippen molar-refractivity contribution in [1.82, 2.24) is 14.8 Å². The predicted molar refractivity (Wildman–Crippen MR) is 113 cm³/mol. The quantitative estimate of drug-likeness (QED) is 0.485. The summed E-state index contributed by atoms with van der Waals surface area (Å²) in [5.74, 6) is 1.23. The van der Waals surface area contributed by atoms with E-state index in [4.69, 9.17) is 4.74 Å². The summed E-state index contributed by atoms with van der Waals surface area (Å²) in [6.07, 6.45) is 2.15. The first-order valence-electron chi connectivity index (χ1n) is 8.71.